The zero-order valence-electron chi connectivity index (χ0n) is 11.4. The van der Waals surface area contributed by atoms with Crippen molar-refractivity contribution in [2.45, 2.75) is 43.5 Å². The van der Waals surface area contributed by atoms with Crippen LogP contribution in [0.5, 0.6) is 0 Å². The number of rotatable bonds is 1. The lowest BCUT2D eigenvalue weighted by atomic mass is 10.2. The van der Waals surface area contributed by atoms with Crippen molar-refractivity contribution in [1.82, 2.24) is 9.80 Å². The molecule has 2 fully saturated rings. The van der Waals surface area contributed by atoms with E-state index in [9.17, 15) is 14.7 Å². The summed E-state index contributed by atoms with van der Waals surface area (Å²) >= 11 is 3.39. The molecule has 4 unspecified atom stereocenters. The monoisotopic (exact) mass is 304 g/mol. The normalized spacial score (nSPS) is 35.5. The summed E-state index contributed by atoms with van der Waals surface area (Å²) in [6, 6.07) is -0.660. The highest BCUT2D eigenvalue weighted by atomic mass is 32.2. The van der Waals surface area contributed by atoms with E-state index >= 15 is 0 Å². The van der Waals surface area contributed by atoms with E-state index < -0.39 is 12.0 Å². The molecule has 0 spiro atoms. The van der Waals surface area contributed by atoms with Crippen LogP contribution in [0.3, 0.4) is 0 Å². The van der Waals surface area contributed by atoms with Crippen LogP contribution in [0, 0.1) is 0 Å². The van der Waals surface area contributed by atoms with Gasteiger partial charge < -0.3 is 10.0 Å². The van der Waals surface area contributed by atoms with E-state index in [1.165, 1.54) is 16.7 Å². The number of nitrogens with zero attached hydrogens (tertiary/aromatic N) is 2. The Bertz CT molecular complexity index is 380. The van der Waals surface area contributed by atoms with Crippen molar-refractivity contribution in [2.24, 2.45) is 0 Å². The van der Waals surface area contributed by atoms with Crippen LogP contribution in [0.2, 0.25) is 0 Å². The molecule has 1 N–H and O–H groups in total. The van der Waals surface area contributed by atoms with E-state index in [0.29, 0.717) is 17.5 Å². The van der Waals surface area contributed by atoms with Crippen molar-refractivity contribution in [1.29, 1.82) is 0 Å². The first-order valence-electron chi connectivity index (χ1n) is 6.48. The largest absolute Gasteiger partial charge is 0.480 e. The Morgan fingerprint density at radius 3 is 2.53 bits per heavy atom. The first-order chi connectivity index (χ1) is 8.93. The number of carbonyl (C=O) groups is 2. The van der Waals surface area contributed by atoms with Gasteiger partial charge in [0.05, 0.1) is 5.37 Å². The molecular formula is C12H20N2O3S2. The number of thioether (sulfide) groups is 2. The fourth-order valence-corrected chi connectivity index (χ4v) is 4.74. The molecule has 0 aromatic heterocycles. The number of aliphatic carboxylic acids is 1. The van der Waals surface area contributed by atoms with Crippen LogP contribution in [-0.2, 0) is 4.79 Å². The first-order valence-corrected chi connectivity index (χ1v) is 8.58. The predicted molar refractivity (Wildman–Crippen MR) is 78.7 cm³/mol. The number of urea groups is 1. The molecule has 4 atom stereocenters. The topological polar surface area (TPSA) is 60.9 Å². The molecule has 0 bridgehead atoms. The molecule has 0 saturated carbocycles. The highest BCUT2D eigenvalue weighted by molar-refractivity contribution is 8.00. The van der Waals surface area contributed by atoms with Crippen LogP contribution in [0.4, 0.5) is 4.79 Å². The zero-order chi connectivity index (χ0) is 14.2. The SMILES string of the molecule is CC1SCCN(C(=O)N2C(C)SCC2C(=O)O)C1C. The lowest BCUT2D eigenvalue weighted by molar-refractivity contribution is -0.141. The van der Waals surface area contributed by atoms with E-state index in [0.717, 1.165) is 5.75 Å². The molecule has 2 aliphatic heterocycles. The van der Waals surface area contributed by atoms with E-state index in [1.54, 1.807) is 0 Å². The lowest BCUT2D eigenvalue weighted by Gasteiger charge is -2.41. The molecule has 108 valence electrons. The smallest absolute Gasteiger partial charge is 0.327 e. The summed E-state index contributed by atoms with van der Waals surface area (Å²) in [6.45, 7) is 6.76. The number of hydrogen-bond acceptors (Lipinski definition) is 4. The van der Waals surface area contributed by atoms with Crippen molar-refractivity contribution < 1.29 is 14.7 Å². The fourth-order valence-electron chi connectivity index (χ4n) is 2.47. The van der Waals surface area contributed by atoms with Gasteiger partial charge >= 0.3 is 12.0 Å². The molecular weight excluding hydrogens is 284 g/mol. The Balaban J connectivity index is 2.15. The molecule has 19 heavy (non-hydrogen) atoms. The van der Waals surface area contributed by atoms with Crippen LogP contribution in [0.15, 0.2) is 0 Å². The molecule has 2 heterocycles. The lowest BCUT2D eigenvalue weighted by Crippen LogP contribution is -2.56. The maximum atomic E-state index is 12.6. The number of carbonyl (C=O) groups excluding carboxylic acids is 1. The standard InChI is InChI=1S/C12H20N2O3S2/c1-7-8(2)18-5-4-13(7)12(17)14-9(3)19-6-10(14)11(15)16/h7-10H,4-6H2,1-3H3,(H,15,16). The molecule has 2 aliphatic rings. The maximum Gasteiger partial charge on any atom is 0.327 e. The van der Waals surface area contributed by atoms with E-state index in [4.69, 9.17) is 0 Å². The fraction of sp³-hybridized carbons (Fsp3) is 0.833. The molecule has 0 radical (unpaired) electrons. The molecule has 7 heteroatoms. The van der Waals surface area contributed by atoms with Crippen LogP contribution in [-0.4, -0.2) is 67.7 Å². The second-order valence-electron chi connectivity index (χ2n) is 4.99. The average Bonchev–Trinajstić information content (AvgIpc) is 2.74. The molecule has 2 saturated heterocycles. The Morgan fingerprint density at radius 2 is 1.89 bits per heavy atom. The van der Waals surface area contributed by atoms with E-state index in [2.05, 4.69) is 6.92 Å². The van der Waals surface area contributed by atoms with Gasteiger partial charge in [0.25, 0.3) is 0 Å². The van der Waals surface area contributed by atoms with Gasteiger partial charge in [-0.25, -0.2) is 9.59 Å². The van der Waals surface area contributed by atoms with Gasteiger partial charge in [0.2, 0.25) is 0 Å². The van der Waals surface area contributed by atoms with Crippen molar-refractivity contribution in [3.8, 4) is 0 Å². The number of carboxylic acid groups (broad SMARTS) is 1. The quantitative estimate of drug-likeness (QED) is 0.800. The van der Waals surface area contributed by atoms with Gasteiger partial charge in [0.1, 0.15) is 6.04 Å². The molecule has 5 nitrogen and oxygen atoms in total. The third kappa shape index (κ3) is 2.81. The Kier molecular flexibility index (Phi) is 4.55. The van der Waals surface area contributed by atoms with E-state index in [-0.39, 0.29) is 17.4 Å². The van der Waals surface area contributed by atoms with Gasteiger partial charge in [-0.15, -0.1) is 11.8 Å². The van der Waals surface area contributed by atoms with Crippen molar-refractivity contribution >= 4 is 35.5 Å². The minimum Gasteiger partial charge on any atom is -0.480 e. The molecule has 2 amide bonds. The second kappa shape index (κ2) is 5.83. The minimum absolute atomic E-state index is 0.0642. The summed E-state index contributed by atoms with van der Waals surface area (Å²) in [5.41, 5.74) is 0. The van der Waals surface area contributed by atoms with Crippen LogP contribution in [0.1, 0.15) is 20.8 Å². The summed E-state index contributed by atoms with van der Waals surface area (Å²) in [5, 5.41) is 9.57. The maximum absolute atomic E-state index is 12.6. The summed E-state index contributed by atoms with van der Waals surface area (Å²) in [5.74, 6) is 0.497. The van der Waals surface area contributed by atoms with Gasteiger partial charge in [0.15, 0.2) is 0 Å². The highest BCUT2D eigenvalue weighted by Gasteiger charge is 2.43. The van der Waals surface area contributed by atoms with Crippen LogP contribution < -0.4 is 0 Å². The first kappa shape index (κ1) is 14.8. The minimum atomic E-state index is -0.905. The Labute approximate surface area is 122 Å². The zero-order valence-corrected chi connectivity index (χ0v) is 13.0. The average molecular weight is 304 g/mol. The molecule has 0 aromatic carbocycles. The predicted octanol–water partition coefficient (Wildman–Crippen LogP) is 1.78. The number of carboxylic acids is 1. The summed E-state index contributed by atoms with van der Waals surface area (Å²) in [4.78, 5) is 27.3. The second-order valence-corrected chi connectivity index (χ2v) is 7.82. The van der Waals surface area contributed by atoms with Gasteiger partial charge in [-0.2, -0.15) is 11.8 Å². The van der Waals surface area contributed by atoms with Crippen LogP contribution in [0.25, 0.3) is 0 Å². The highest BCUT2D eigenvalue weighted by Crippen LogP contribution is 2.32. The van der Waals surface area contributed by atoms with Crippen molar-refractivity contribution in [2.75, 3.05) is 18.1 Å². The van der Waals surface area contributed by atoms with Gasteiger partial charge in [-0.1, -0.05) is 6.92 Å². The summed E-state index contributed by atoms with van der Waals surface area (Å²) in [7, 11) is 0. The van der Waals surface area contributed by atoms with Gasteiger partial charge in [-0.05, 0) is 13.8 Å². The summed E-state index contributed by atoms with van der Waals surface area (Å²) < 4.78 is 0. The number of hydrogen-bond donors (Lipinski definition) is 1. The third-order valence-electron chi connectivity index (χ3n) is 3.86. The van der Waals surface area contributed by atoms with Gasteiger partial charge in [0, 0.05) is 29.3 Å². The van der Waals surface area contributed by atoms with Gasteiger partial charge in [-0.3, -0.25) is 4.90 Å². The molecule has 0 aromatic rings. The van der Waals surface area contributed by atoms with Crippen molar-refractivity contribution in [3.05, 3.63) is 0 Å². The van der Waals surface area contributed by atoms with Crippen LogP contribution >= 0.6 is 23.5 Å². The molecule has 2 rings (SSSR count). The Hall–Kier alpha value is -0.560. The summed E-state index contributed by atoms with van der Waals surface area (Å²) in [6.07, 6.45) is 0. The van der Waals surface area contributed by atoms with E-state index in [1.807, 2.05) is 30.5 Å². The molecule has 0 aliphatic carbocycles. The van der Waals surface area contributed by atoms with Crippen molar-refractivity contribution in [3.63, 3.8) is 0 Å². The Morgan fingerprint density at radius 1 is 1.21 bits per heavy atom. The number of amides is 2. The third-order valence-corrected chi connectivity index (χ3v) is 6.41.